The van der Waals surface area contributed by atoms with Crippen LogP contribution in [-0.2, 0) is 14.3 Å². The van der Waals surface area contributed by atoms with Gasteiger partial charge in [-0.05, 0) is 42.8 Å². The second kappa shape index (κ2) is 7.21. The Morgan fingerprint density at radius 2 is 2.18 bits per heavy atom. The number of ether oxygens (including phenoxy) is 1. The molecule has 114 valence electrons. The van der Waals surface area contributed by atoms with Crippen LogP contribution in [0.1, 0.15) is 11.3 Å². The quantitative estimate of drug-likeness (QED) is 0.681. The number of carbonyl (C=O) groups excluding carboxylic acids is 2. The molecule has 0 atom stereocenters. The average molecular weight is 303 g/mol. The molecule has 0 aliphatic heterocycles. The minimum atomic E-state index is -0.678. The van der Waals surface area contributed by atoms with E-state index in [2.05, 4.69) is 5.32 Å². The highest BCUT2D eigenvalue weighted by atomic mass is 19.1. The van der Waals surface area contributed by atoms with Crippen molar-refractivity contribution >= 4 is 23.6 Å². The number of carbonyl (C=O) groups is 2. The zero-order valence-corrected chi connectivity index (χ0v) is 11.8. The molecule has 0 saturated carbocycles. The van der Waals surface area contributed by atoms with Crippen molar-refractivity contribution < 1.29 is 23.1 Å². The Kier molecular flexibility index (Phi) is 5.08. The highest BCUT2D eigenvalue weighted by Gasteiger charge is 2.08. The Bertz CT molecular complexity index is 692. The van der Waals surface area contributed by atoms with Crippen LogP contribution in [0.3, 0.4) is 0 Å². The Hall–Kier alpha value is -2.89. The molecule has 1 aromatic carbocycles. The fraction of sp³-hybridized carbons (Fsp3) is 0.125. The number of nitrogens with one attached hydrogen (secondary N) is 1. The first-order chi connectivity index (χ1) is 10.5. The maximum Gasteiger partial charge on any atom is 0.331 e. The number of esters is 1. The number of hydrogen-bond donors (Lipinski definition) is 1. The van der Waals surface area contributed by atoms with E-state index in [9.17, 15) is 14.0 Å². The SMILES string of the molecule is Cc1ccc(F)cc1NC(=O)COC(=O)/C=C/c1ccco1. The van der Waals surface area contributed by atoms with Crippen molar-refractivity contribution in [1.29, 1.82) is 0 Å². The summed E-state index contributed by atoms with van der Waals surface area (Å²) in [6.45, 7) is 1.27. The van der Waals surface area contributed by atoms with Crippen LogP contribution >= 0.6 is 0 Å². The van der Waals surface area contributed by atoms with Gasteiger partial charge in [0, 0.05) is 11.8 Å². The van der Waals surface area contributed by atoms with Crippen LogP contribution < -0.4 is 5.32 Å². The van der Waals surface area contributed by atoms with E-state index in [0.717, 1.165) is 6.08 Å². The van der Waals surface area contributed by atoms with Crippen molar-refractivity contribution in [3.05, 3.63) is 59.8 Å². The predicted octanol–water partition coefficient (Wildman–Crippen LogP) is 2.92. The standard InChI is InChI=1S/C16H14FNO4/c1-11-4-5-12(17)9-14(11)18-15(19)10-22-16(20)7-6-13-3-2-8-21-13/h2-9H,10H2,1H3,(H,18,19)/b7-6+. The summed E-state index contributed by atoms with van der Waals surface area (Å²) in [7, 11) is 0. The van der Waals surface area contributed by atoms with Crippen LogP contribution in [0, 0.1) is 12.7 Å². The van der Waals surface area contributed by atoms with Crippen LogP contribution in [0.5, 0.6) is 0 Å². The van der Waals surface area contributed by atoms with Gasteiger partial charge in [0.2, 0.25) is 0 Å². The van der Waals surface area contributed by atoms with Crippen LogP contribution in [0.2, 0.25) is 0 Å². The number of aryl methyl sites for hydroxylation is 1. The van der Waals surface area contributed by atoms with Crippen LogP contribution in [0.15, 0.2) is 47.1 Å². The molecule has 6 heteroatoms. The van der Waals surface area contributed by atoms with E-state index >= 15 is 0 Å². The third kappa shape index (κ3) is 4.59. The molecule has 0 bridgehead atoms. The summed E-state index contributed by atoms with van der Waals surface area (Å²) in [5.74, 6) is -1.19. The molecule has 0 unspecified atom stereocenters. The summed E-state index contributed by atoms with van der Waals surface area (Å²) in [6.07, 6.45) is 4.05. The van der Waals surface area contributed by atoms with Crippen LogP contribution in [0.25, 0.3) is 6.08 Å². The molecule has 1 aromatic heterocycles. The number of furan rings is 1. The molecule has 0 aliphatic rings. The molecule has 2 rings (SSSR count). The van der Waals surface area contributed by atoms with Crippen molar-refractivity contribution in [2.75, 3.05) is 11.9 Å². The molecule has 1 N–H and O–H groups in total. The van der Waals surface area contributed by atoms with Crippen molar-refractivity contribution in [1.82, 2.24) is 0 Å². The molecular weight excluding hydrogens is 289 g/mol. The normalized spacial score (nSPS) is 10.6. The van der Waals surface area contributed by atoms with E-state index < -0.39 is 24.3 Å². The van der Waals surface area contributed by atoms with Crippen molar-refractivity contribution in [3.63, 3.8) is 0 Å². The smallest absolute Gasteiger partial charge is 0.331 e. The van der Waals surface area contributed by atoms with Gasteiger partial charge in [-0.15, -0.1) is 0 Å². The first-order valence-corrected chi connectivity index (χ1v) is 6.49. The second-order valence-electron chi connectivity index (χ2n) is 4.46. The van der Waals surface area contributed by atoms with Gasteiger partial charge in [-0.1, -0.05) is 6.07 Å². The molecule has 22 heavy (non-hydrogen) atoms. The number of amides is 1. The third-order valence-electron chi connectivity index (χ3n) is 2.75. The Balaban J connectivity index is 1.82. The first-order valence-electron chi connectivity index (χ1n) is 6.49. The Morgan fingerprint density at radius 1 is 1.36 bits per heavy atom. The highest BCUT2D eigenvalue weighted by molar-refractivity contribution is 5.95. The van der Waals surface area contributed by atoms with Crippen LogP contribution in [-0.4, -0.2) is 18.5 Å². The molecule has 0 radical (unpaired) electrons. The molecule has 2 aromatic rings. The highest BCUT2D eigenvalue weighted by Crippen LogP contribution is 2.15. The molecule has 0 aliphatic carbocycles. The largest absolute Gasteiger partial charge is 0.465 e. The first kappa shape index (κ1) is 15.5. The molecule has 0 fully saturated rings. The lowest BCUT2D eigenvalue weighted by molar-refractivity contribution is -0.142. The van der Waals surface area contributed by atoms with Crippen molar-refractivity contribution in [3.8, 4) is 0 Å². The van der Waals surface area contributed by atoms with Crippen LogP contribution in [0.4, 0.5) is 10.1 Å². The van der Waals surface area contributed by atoms with E-state index in [-0.39, 0.29) is 0 Å². The molecule has 5 nitrogen and oxygen atoms in total. The predicted molar refractivity (Wildman–Crippen MR) is 78.5 cm³/mol. The van der Waals surface area contributed by atoms with E-state index in [1.54, 1.807) is 25.1 Å². The minimum Gasteiger partial charge on any atom is -0.465 e. The van der Waals surface area contributed by atoms with E-state index in [1.807, 2.05) is 0 Å². The second-order valence-corrected chi connectivity index (χ2v) is 4.46. The number of halogens is 1. The molecule has 1 heterocycles. The fourth-order valence-electron chi connectivity index (χ4n) is 1.64. The van der Waals surface area contributed by atoms with E-state index in [0.29, 0.717) is 17.0 Å². The van der Waals surface area contributed by atoms with Gasteiger partial charge in [-0.2, -0.15) is 0 Å². The minimum absolute atomic E-state index is 0.340. The number of rotatable bonds is 5. The maximum atomic E-state index is 13.1. The number of hydrogen-bond acceptors (Lipinski definition) is 4. The third-order valence-corrected chi connectivity index (χ3v) is 2.75. The van der Waals surface area contributed by atoms with E-state index in [1.165, 1.54) is 24.5 Å². The van der Waals surface area contributed by atoms with Gasteiger partial charge in [0.05, 0.1) is 6.26 Å². The number of anilines is 1. The summed E-state index contributed by atoms with van der Waals surface area (Å²) in [5.41, 5.74) is 1.05. The van der Waals surface area contributed by atoms with Crippen molar-refractivity contribution in [2.45, 2.75) is 6.92 Å². The lowest BCUT2D eigenvalue weighted by Gasteiger charge is -2.08. The molecule has 0 spiro atoms. The molecule has 0 saturated heterocycles. The number of benzene rings is 1. The molecule has 1 amide bonds. The van der Waals surface area contributed by atoms with Gasteiger partial charge in [-0.25, -0.2) is 9.18 Å². The zero-order chi connectivity index (χ0) is 15.9. The summed E-state index contributed by atoms with van der Waals surface area (Å²) >= 11 is 0. The maximum absolute atomic E-state index is 13.1. The summed E-state index contributed by atoms with van der Waals surface area (Å²) < 4.78 is 22.9. The zero-order valence-electron chi connectivity index (χ0n) is 11.8. The van der Waals surface area contributed by atoms with Gasteiger partial charge < -0.3 is 14.5 Å². The summed E-state index contributed by atoms with van der Waals surface area (Å²) in [5, 5.41) is 2.48. The topological polar surface area (TPSA) is 68.5 Å². The lowest BCUT2D eigenvalue weighted by atomic mass is 10.2. The fourth-order valence-corrected chi connectivity index (χ4v) is 1.64. The van der Waals surface area contributed by atoms with E-state index in [4.69, 9.17) is 9.15 Å². The van der Waals surface area contributed by atoms with Gasteiger partial charge in [0.15, 0.2) is 6.61 Å². The Labute approximate surface area is 126 Å². The van der Waals surface area contributed by atoms with Gasteiger partial charge in [-0.3, -0.25) is 4.79 Å². The van der Waals surface area contributed by atoms with Gasteiger partial charge in [0.25, 0.3) is 5.91 Å². The lowest BCUT2D eigenvalue weighted by Crippen LogP contribution is -2.20. The Morgan fingerprint density at radius 3 is 2.91 bits per heavy atom. The van der Waals surface area contributed by atoms with Gasteiger partial charge >= 0.3 is 5.97 Å². The van der Waals surface area contributed by atoms with Gasteiger partial charge in [0.1, 0.15) is 11.6 Å². The summed E-state index contributed by atoms with van der Waals surface area (Å²) in [6, 6.07) is 7.39. The van der Waals surface area contributed by atoms with Crippen molar-refractivity contribution in [2.24, 2.45) is 0 Å². The monoisotopic (exact) mass is 303 g/mol. The molecular formula is C16H14FNO4. The summed E-state index contributed by atoms with van der Waals surface area (Å²) in [4.78, 5) is 23.1. The average Bonchev–Trinajstić information content (AvgIpc) is 3.00.